The van der Waals surface area contributed by atoms with Crippen molar-refractivity contribution in [2.45, 2.75) is 26.7 Å². The second kappa shape index (κ2) is 7.79. The van der Waals surface area contributed by atoms with Gasteiger partial charge in [-0.3, -0.25) is 9.59 Å². The van der Waals surface area contributed by atoms with Crippen LogP contribution >= 0.6 is 11.3 Å². The fourth-order valence-corrected chi connectivity index (χ4v) is 4.77. The molecule has 2 atom stereocenters. The lowest BCUT2D eigenvalue weighted by atomic mass is 9.79. The number of carbonyl (C=O) groups excluding carboxylic acids is 1. The lowest BCUT2D eigenvalue weighted by Gasteiger charge is -2.26. The minimum absolute atomic E-state index is 0.243. The molecule has 1 aliphatic rings. The van der Waals surface area contributed by atoms with Gasteiger partial charge in [0.2, 0.25) is 5.91 Å². The number of anilines is 1. The van der Waals surface area contributed by atoms with Crippen molar-refractivity contribution in [1.82, 2.24) is 4.98 Å². The number of carbonyl (C=O) groups is 2. The number of nitrogens with one attached hydrogen (secondary N) is 1. The highest BCUT2D eigenvalue weighted by Gasteiger charge is 2.35. The van der Waals surface area contributed by atoms with E-state index in [0.717, 1.165) is 26.4 Å². The monoisotopic (exact) mass is 406 g/mol. The van der Waals surface area contributed by atoms with Crippen LogP contribution in [0.25, 0.3) is 20.8 Å². The van der Waals surface area contributed by atoms with Gasteiger partial charge in [-0.15, -0.1) is 11.3 Å². The van der Waals surface area contributed by atoms with Crippen molar-refractivity contribution in [2.24, 2.45) is 11.8 Å². The molecule has 5 nitrogen and oxygen atoms in total. The van der Waals surface area contributed by atoms with E-state index in [1.807, 2.05) is 43.3 Å². The quantitative estimate of drug-likeness (QED) is 0.579. The Hall–Kier alpha value is -2.99. The molecular formula is C23H22N2O3S. The molecule has 6 heteroatoms. The van der Waals surface area contributed by atoms with Crippen LogP contribution < -0.4 is 5.32 Å². The Morgan fingerprint density at radius 2 is 1.86 bits per heavy atom. The van der Waals surface area contributed by atoms with Gasteiger partial charge in [-0.1, -0.05) is 17.7 Å². The lowest BCUT2D eigenvalue weighted by Crippen LogP contribution is -2.35. The number of hydrogen-bond donors (Lipinski definition) is 2. The van der Waals surface area contributed by atoms with Gasteiger partial charge in [0, 0.05) is 11.3 Å². The van der Waals surface area contributed by atoms with Crippen LogP contribution in [0.5, 0.6) is 0 Å². The minimum Gasteiger partial charge on any atom is -0.481 e. The van der Waals surface area contributed by atoms with Crippen LogP contribution in [-0.4, -0.2) is 22.0 Å². The van der Waals surface area contributed by atoms with E-state index in [9.17, 15) is 14.7 Å². The Morgan fingerprint density at radius 3 is 2.59 bits per heavy atom. The predicted octanol–water partition coefficient (Wildman–Crippen LogP) is 5.27. The maximum absolute atomic E-state index is 12.7. The van der Waals surface area contributed by atoms with E-state index in [4.69, 9.17) is 0 Å². The molecule has 2 aromatic carbocycles. The molecule has 0 radical (unpaired) electrons. The predicted molar refractivity (Wildman–Crippen MR) is 116 cm³/mol. The van der Waals surface area contributed by atoms with Crippen LogP contribution in [0.3, 0.4) is 0 Å². The molecule has 4 rings (SSSR count). The maximum atomic E-state index is 12.7. The molecule has 0 spiro atoms. The summed E-state index contributed by atoms with van der Waals surface area (Å²) in [4.78, 5) is 28.9. The number of rotatable bonds is 4. The smallest absolute Gasteiger partial charge is 0.307 e. The van der Waals surface area contributed by atoms with E-state index in [1.165, 1.54) is 5.56 Å². The summed E-state index contributed by atoms with van der Waals surface area (Å²) in [6.45, 7) is 4.00. The van der Waals surface area contributed by atoms with Crippen molar-refractivity contribution < 1.29 is 14.7 Å². The number of hydrogen-bond acceptors (Lipinski definition) is 4. The van der Waals surface area contributed by atoms with Gasteiger partial charge in [-0.25, -0.2) is 4.98 Å². The number of nitrogens with zero attached hydrogens (tertiary/aromatic N) is 1. The SMILES string of the molecule is CC1=CC[C@H](C(=O)O)[C@H](C(=O)Nc2ccc(-c3nc4ccc(C)cc4s3)cc2)C1. The van der Waals surface area contributed by atoms with Crippen LogP contribution in [0.15, 0.2) is 54.1 Å². The molecule has 29 heavy (non-hydrogen) atoms. The normalized spacial score (nSPS) is 19.0. The third kappa shape index (κ3) is 4.07. The summed E-state index contributed by atoms with van der Waals surface area (Å²) in [7, 11) is 0. The fraction of sp³-hybridized carbons (Fsp3) is 0.261. The number of amides is 1. The van der Waals surface area contributed by atoms with Crippen molar-refractivity contribution >= 4 is 39.1 Å². The molecule has 1 aliphatic carbocycles. The molecule has 2 N–H and O–H groups in total. The van der Waals surface area contributed by atoms with Gasteiger partial charge in [0.15, 0.2) is 0 Å². The highest BCUT2D eigenvalue weighted by molar-refractivity contribution is 7.21. The third-order valence-electron chi connectivity index (χ3n) is 5.35. The van der Waals surface area contributed by atoms with Gasteiger partial charge in [0.1, 0.15) is 5.01 Å². The largest absolute Gasteiger partial charge is 0.481 e. The first-order valence-corrected chi connectivity index (χ1v) is 10.4. The van der Waals surface area contributed by atoms with Gasteiger partial charge in [-0.2, -0.15) is 0 Å². The van der Waals surface area contributed by atoms with Crippen LogP contribution in [0.4, 0.5) is 5.69 Å². The molecule has 0 unspecified atom stereocenters. The Labute approximate surface area is 173 Å². The lowest BCUT2D eigenvalue weighted by molar-refractivity contribution is -0.146. The molecule has 0 fully saturated rings. The summed E-state index contributed by atoms with van der Waals surface area (Å²) in [5.74, 6) is -2.39. The summed E-state index contributed by atoms with van der Waals surface area (Å²) in [5, 5.41) is 13.3. The average molecular weight is 407 g/mol. The minimum atomic E-state index is -0.921. The highest BCUT2D eigenvalue weighted by Crippen LogP contribution is 2.33. The summed E-state index contributed by atoms with van der Waals surface area (Å²) in [6, 6.07) is 13.7. The van der Waals surface area contributed by atoms with E-state index >= 15 is 0 Å². The number of aromatic nitrogens is 1. The zero-order valence-corrected chi connectivity index (χ0v) is 17.1. The number of carboxylic acids is 1. The van der Waals surface area contributed by atoms with E-state index in [-0.39, 0.29) is 5.91 Å². The molecule has 0 aliphatic heterocycles. The zero-order valence-electron chi connectivity index (χ0n) is 16.3. The molecule has 1 aromatic heterocycles. The Bertz CT molecular complexity index is 1110. The Balaban J connectivity index is 1.50. The number of allylic oxidation sites excluding steroid dienone is 2. The molecule has 0 bridgehead atoms. The van der Waals surface area contributed by atoms with Gasteiger partial charge in [0.05, 0.1) is 22.1 Å². The fourth-order valence-electron chi connectivity index (χ4n) is 3.70. The molecule has 0 saturated heterocycles. The molecule has 148 valence electrons. The topological polar surface area (TPSA) is 79.3 Å². The molecule has 3 aromatic rings. The van der Waals surface area contributed by atoms with Crippen LogP contribution in [0.1, 0.15) is 25.3 Å². The van der Waals surface area contributed by atoms with Crippen molar-refractivity contribution in [2.75, 3.05) is 5.32 Å². The number of aryl methyl sites for hydroxylation is 1. The van der Waals surface area contributed by atoms with Gasteiger partial charge in [-0.05, 0) is 68.7 Å². The van der Waals surface area contributed by atoms with E-state index in [1.54, 1.807) is 11.3 Å². The van der Waals surface area contributed by atoms with Crippen LogP contribution in [-0.2, 0) is 9.59 Å². The second-order valence-corrected chi connectivity index (χ2v) is 8.63. The Morgan fingerprint density at radius 1 is 1.10 bits per heavy atom. The van der Waals surface area contributed by atoms with Gasteiger partial charge in [0.25, 0.3) is 0 Å². The standard InChI is InChI=1S/C23H22N2O3S/c1-13-3-9-17(23(27)28)18(11-13)21(26)24-16-7-5-15(6-8-16)22-25-19-10-4-14(2)12-20(19)29-22/h3-8,10,12,17-18H,9,11H2,1-2H3,(H,24,26)(H,27,28)/t17-,18+/m0/s1. The van der Waals surface area contributed by atoms with Crippen molar-refractivity contribution in [3.63, 3.8) is 0 Å². The number of thiazole rings is 1. The Kier molecular flexibility index (Phi) is 5.20. The van der Waals surface area contributed by atoms with Crippen molar-refractivity contribution in [3.8, 4) is 10.6 Å². The number of fused-ring (bicyclic) bond motifs is 1. The second-order valence-electron chi connectivity index (χ2n) is 7.60. The zero-order chi connectivity index (χ0) is 20.5. The molecule has 1 heterocycles. The van der Waals surface area contributed by atoms with E-state index < -0.39 is 17.8 Å². The first-order chi connectivity index (χ1) is 13.9. The highest BCUT2D eigenvalue weighted by atomic mass is 32.1. The summed E-state index contributed by atoms with van der Waals surface area (Å²) in [5.41, 5.74) is 4.89. The first-order valence-electron chi connectivity index (χ1n) is 9.57. The van der Waals surface area contributed by atoms with Gasteiger partial charge >= 0.3 is 5.97 Å². The number of carboxylic acid groups (broad SMARTS) is 1. The average Bonchev–Trinajstić information content (AvgIpc) is 3.11. The molecular weight excluding hydrogens is 384 g/mol. The van der Waals surface area contributed by atoms with Crippen LogP contribution in [0.2, 0.25) is 0 Å². The van der Waals surface area contributed by atoms with E-state index in [0.29, 0.717) is 18.5 Å². The van der Waals surface area contributed by atoms with Crippen molar-refractivity contribution in [1.29, 1.82) is 0 Å². The van der Waals surface area contributed by atoms with Crippen molar-refractivity contribution in [3.05, 3.63) is 59.7 Å². The van der Waals surface area contributed by atoms with Gasteiger partial charge < -0.3 is 10.4 Å². The summed E-state index contributed by atoms with van der Waals surface area (Å²) < 4.78 is 1.15. The maximum Gasteiger partial charge on any atom is 0.307 e. The molecule has 0 saturated carbocycles. The molecule has 1 amide bonds. The van der Waals surface area contributed by atoms with Crippen LogP contribution in [0, 0.1) is 18.8 Å². The third-order valence-corrected chi connectivity index (χ3v) is 6.41. The first kappa shape index (κ1) is 19.3. The van der Waals surface area contributed by atoms with E-state index in [2.05, 4.69) is 29.4 Å². The summed E-state index contributed by atoms with van der Waals surface area (Å²) >= 11 is 1.64. The number of aliphatic carboxylic acids is 1. The summed E-state index contributed by atoms with van der Waals surface area (Å²) in [6.07, 6.45) is 2.79. The number of benzene rings is 2.